The van der Waals surface area contributed by atoms with Crippen LogP contribution < -0.4 is 14.8 Å². The topological polar surface area (TPSA) is 88.0 Å². The summed E-state index contributed by atoms with van der Waals surface area (Å²) in [5.74, 6) is 0.896. The summed E-state index contributed by atoms with van der Waals surface area (Å²) < 4.78 is 10.3. The molecule has 98 valence electrons. The van der Waals surface area contributed by atoms with Crippen molar-refractivity contribution >= 4 is 5.91 Å². The van der Waals surface area contributed by atoms with E-state index in [1.807, 2.05) is 0 Å². The first-order valence-corrected chi connectivity index (χ1v) is 5.58. The number of carbonyl (C=O) groups excluding carboxylic acids is 1. The Kier molecular flexibility index (Phi) is 3.69. The summed E-state index contributed by atoms with van der Waals surface area (Å²) in [7, 11) is 0. The fourth-order valence-electron chi connectivity index (χ4n) is 1.68. The molecule has 2 atom stereocenters. The number of ether oxygens (including phenoxy) is 2. The summed E-state index contributed by atoms with van der Waals surface area (Å²) in [6.45, 7) is 1.49. The van der Waals surface area contributed by atoms with Gasteiger partial charge >= 0.3 is 0 Å². The molecule has 1 aromatic carbocycles. The fourth-order valence-corrected chi connectivity index (χ4v) is 1.68. The van der Waals surface area contributed by atoms with E-state index in [2.05, 4.69) is 5.32 Å². The first-order chi connectivity index (χ1) is 8.58. The number of aliphatic hydroxyl groups excluding tert-OH is 2. The van der Waals surface area contributed by atoms with Gasteiger partial charge in [0, 0.05) is 13.5 Å². The van der Waals surface area contributed by atoms with Crippen LogP contribution in [0.15, 0.2) is 18.2 Å². The lowest BCUT2D eigenvalue weighted by molar-refractivity contribution is -0.119. The molecule has 0 bridgehead atoms. The molecule has 3 N–H and O–H groups in total. The largest absolute Gasteiger partial charge is 0.454 e. The monoisotopic (exact) mass is 253 g/mol. The van der Waals surface area contributed by atoms with Gasteiger partial charge in [-0.1, -0.05) is 6.07 Å². The van der Waals surface area contributed by atoms with Gasteiger partial charge in [-0.25, -0.2) is 0 Å². The number of aliphatic hydroxyl groups is 2. The Balaban J connectivity index is 2.04. The number of rotatable bonds is 4. The lowest BCUT2D eigenvalue weighted by Crippen LogP contribution is -2.34. The van der Waals surface area contributed by atoms with Crippen LogP contribution in [0.5, 0.6) is 11.5 Å². The molecule has 0 radical (unpaired) electrons. The van der Waals surface area contributed by atoms with Crippen molar-refractivity contribution < 1.29 is 24.5 Å². The Bertz CT molecular complexity index is 448. The highest BCUT2D eigenvalue weighted by molar-refractivity contribution is 5.72. The van der Waals surface area contributed by atoms with E-state index >= 15 is 0 Å². The summed E-state index contributed by atoms with van der Waals surface area (Å²) in [5, 5.41) is 22.1. The standard InChI is InChI=1S/C12H15NO5/c1-7(14)13-5-9(15)12(16)8-2-3-10-11(4-8)18-6-17-10/h2-4,9,12,15-16H,5-6H2,1H3,(H,13,14). The smallest absolute Gasteiger partial charge is 0.231 e. The summed E-state index contributed by atoms with van der Waals surface area (Å²) >= 11 is 0. The zero-order chi connectivity index (χ0) is 13.1. The van der Waals surface area contributed by atoms with Crippen LogP contribution in [-0.4, -0.2) is 35.6 Å². The molecule has 0 aliphatic carbocycles. The van der Waals surface area contributed by atoms with E-state index in [1.54, 1.807) is 18.2 Å². The summed E-state index contributed by atoms with van der Waals surface area (Å²) in [6.07, 6.45) is -2.17. The van der Waals surface area contributed by atoms with Crippen molar-refractivity contribution in [1.82, 2.24) is 5.32 Å². The van der Waals surface area contributed by atoms with E-state index in [0.717, 1.165) is 0 Å². The molecule has 1 aliphatic heterocycles. The van der Waals surface area contributed by atoms with Gasteiger partial charge in [-0.2, -0.15) is 0 Å². The predicted molar refractivity (Wildman–Crippen MR) is 62.2 cm³/mol. The van der Waals surface area contributed by atoms with Crippen LogP contribution in [0.4, 0.5) is 0 Å². The van der Waals surface area contributed by atoms with E-state index in [1.165, 1.54) is 6.92 Å². The first-order valence-electron chi connectivity index (χ1n) is 5.58. The van der Waals surface area contributed by atoms with Crippen molar-refractivity contribution in [3.63, 3.8) is 0 Å². The number of amides is 1. The fraction of sp³-hybridized carbons (Fsp3) is 0.417. The van der Waals surface area contributed by atoms with Gasteiger partial charge in [0.1, 0.15) is 12.2 Å². The summed E-state index contributed by atoms with van der Waals surface area (Å²) in [5.41, 5.74) is 0.511. The predicted octanol–water partition coefficient (Wildman–Crippen LogP) is -0.0543. The highest BCUT2D eigenvalue weighted by Crippen LogP contribution is 2.34. The number of fused-ring (bicyclic) bond motifs is 1. The van der Waals surface area contributed by atoms with Gasteiger partial charge in [-0.3, -0.25) is 4.79 Å². The maximum absolute atomic E-state index is 10.7. The van der Waals surface area contributed by atoms with E-state index < -0.39 is 12.2 Å². The molecular weight excluding hydrogens is 238 g/mol. The van der Waals surface area contributed by atoms with Gasteiger partial charge in [0.2, 0.25) is 12.7 Å². The molecule has 1 heterocycles. The van der Waals surface area contributed by atoms with Crippen LogP contribution in [-0.2, 0) is 4.79 Å². The van der Waals surface area contributed by atoms with Crippen molar-refractivity contribution in [2.75, 3.05) is 13.3 Å². The second-order valence-electron chi connectivity index (χ2n) is 4.06. The average Bonchev–Trinajstić information content (AvgIpc) is 2.81. The van der Waals surface area contributed by atoms with Crippen LogP contribution in [0.25, 0.3) is 0 Å². The van der Waals surface area contributed by atoms with Gasteiger partial charge in [0.25, 0.3) is 0 Å². The minimum atomic E-state index is -1.09. The highest BCUT2D eigenvalue weighted by atomic mass is 16.7. The second kappa shape index (κ2) is 5.24. The van der Waals surface area contributed by atoms with Gasteiger partial charge in [0.15, 0.2) is 11.5 Å². The van der Waals surface area contributed by atoms with Crippen molar-refractivity contribution in [2.45, 2.75) is 19.1 Å². The normalized spacial score (nSPS) is 16.2. The molecular formula is C12H15NO5. The second-order valence-corrected chi connectivity index (χ2v) is 4.06. The molecule has 0 saturated carbocycles. The number of hydrogen-bond acceptors (Lipinski definition) is 5. The molecule has 0 aromatic heterocycles. The van der Waals surface area contributed by atoms with E-state index in [4.69, 9.17) is 9.47 Å². The average molecular weight is 253 g/mol. The van der Waals surface area contributed by atoms with Crippen LogP contribution in [0.2, 0.25) is 0 Å². The number of nitrogens with one attached hydrogen (secondary N) is 1. The number of benzene rings is 1. The lowest BCUT2D eigenvalue weighted by atomic mass is 10.0. The lowest BCUT2D eigenvalue weighted by Gasteiger charge is -2.18. The molecule has 1 aromatic rings. The van der Waals surface area contributed by atoms with Crippen molar-refractivity contribution in [3.8, 4) is 11.5 Å². The molecule has 2 unspecified atom stereocenters. The molecule has 6 nitrogen and oxygen atoms in total. The number of hydrogen-bond donors (Lipinski definition) is 3. The van der Waals surface area contributed by atoms with Crippen molar-refractivity contribution in [1.29, 1.82) is 0 Å². The third-order valence-corrected chi connectivity index (χ3v) is 2.66. The molecule has 18 heavy (non-hydrogen) atoms. The highest BCUT2D eigenvalue weighted by Gasteiger charge is 2.21. The molecule has 1 amide bonds. The van der Waals surface area contributed by atoms with E-state index in [0.29, 0.717) is 17.1 Å². The van der Waals surface area contributed by atoms with Gasteiger partial charge in [0.05, 0.1) is 0 Å². The van der Waals surface area contributed by atoms with Gasteiger partial charge in [-0.05, 0) is 17.7 Å². The maximum Gasteiger partial charge on any atom is 0.231 e. The Labute approximate surface area is 104 Å². The van der Waals surface area contributed by atoms with Crippen LogP contribution in [0, 0.1) is 0 Å². The zero-order valence-corrected chi connectivity index (χ0v) is 9.92. The minimum Gasteiger partial charge on any atom is -0.454 e. The zero-order valence-electron chi connectivity index (χ0n) is 9.92. The number of carbonyl (C=O) groups is 1. The summed E-state index contributed by atoms with van der Waals surface area (Å²) in [6, 6.07) is 4.94. The molecule has 0 fully saturated rings. The maximum atomic E-state index is 10.7. The SMILES string of the molecule is CC(=O)NCC(O)C(O)c1ccc2c(c1)OCO2. The Morgan fingerprint density at radius 1 is 1.39 bits per heavy atom. The molecule has 2 rings (SSSR count). The van der Waals surface area contributed by atoms with Gasteiger partial charge in [-0.15, -0.1) is 0 Å². The Hall–Kier alpha value is -1.79. The Morgan fingerprint density at radius 3 is 2.83 bits per heavy atom. The van der Waals surface area contributed by atoms with E-state index in [9.17, 15) is 15.0 Å². The van der Waals surface area contributed by atoms with Crippen LogP contribution in [0.1, 0.15) is 18.6 Å². The summed E-state index contributed by atoms with van der Waals surface area (Å²) in [4.78, 5) is 10.7. The van der Waals surface area contributed by atoms with E-state index in [-0.39, 0.29) is 19.2 Å². The molecule has 0 saturated heterocycles. The van der Waals surface area contributed by atoms with Crippen molar-refractivity contribution in [3.05, 3.63) is 23.8 Å². The molecule has 6 heteroatoms. The first kappa shape index (κ1) is 12.7. The molecule has 0 spiro atoms. The quantitative estimate of drug-likeness (QED) is 0.700. The Morgan fingerprint density at radius 2 is 2.11 bits per heavy atom. The van der Waals surface area contributed by atoms with Crippen molar-refractivity contribution in [2.24, 2.45) is 0 Å². The third kappa shape index (κ3) is 2.72. The van der Waals surface area contributed by atoms with Crippen LogP contribution >= 0.6 is 0 Å². The molecule has 1 aliphatic rings. The van der Waals surface area contributed by atoms with Gasteiger partial charge < -0.3 is 25.0 Å². The third-order valence-electron chi connectivity index (χ3n) is 2.66. The minimum absolute atomic E-state index is 0.00899. The van der Waals surface area contributed by atoms with Crippen LogP contribution in [0.3, 0.4) is 0 Å².